The molecule has 2 heterocycles. The summed E-state index contributed by atoms with van der Waals surface area (Å²) in [6.45, 7) is 2.22. The van der Waals surface area contributed by atoms with Crippen LogP contribution in [0.2, 0.25) is 0 Å². The largest absolute Gasteiger partial charge is 0.451 e. The van der Waals surface area contributed by atoms with E-state index >= 15 is 0 Å². The maximum absolute atomic E-state index is 12.7. The minimum atomic E-state index is -4.61. The van der Waals surface area contributed by atoms with Crippen molar-refractivity contribution in [3.63, 3.8) is 0 Å². The Morgan fingerprint density at radius 2 is 1.90 bits per heavy atom. The third-order valence-electron chi connectivity index (χ3n) is 2.31. The molecule has 2 aromatic rings. The van der Waals surface area contributed by atoms with Crippen LogP contribution in [-0.4, -0.2) is 26.3 Å². The minimum Gasteiger partial charge on any atom is -0.370 e. The maximum atomic E-state index is 12.7. The zero-order valence-electron chi connectivity index (χ0n) is 10.9. The summed E-state index contributed by atoms with van der Waals surface area (Å²) in [6, 6.07) is 3.02. The first-order chi connectivity index (χ1) is 9.38. The zero-order valence-corrected chi connectivity index (χ0v) is 10.9. The molecule has 108 valence electrons. The molecule has 6 nitrogen and oxygen atoms in total. The van der Waals surface area contributed by atoms with E-state index < -0.39 is 12.0 Å². The smallest absolute Gasteiger partial charge is 0.370 e. The molecule has 0 aromatic carbocycles. The number of aryl methyl sites for hydroxylation is 1. The van der Waals surface area contributed by atoms with E-state index in [0.29, 0.717) is 12.4 Å². The number of nitrogens with zero attached hydrogens (tertiary/aromatic N) is 4. The molecule has 0 aliphatic carbocycles. The van der Waals surface area contributed by atoms with Crippen molar-refractivity contribution in [2.45, 2.75) is 13.1 Å². The molecule has 0 unspecified atom stereocenters. The van der Waals surface area contributed by atoms with Gasteiger partial charge in [-0.15, -0.1) is 0 Å². The summed E-state index contributed by atoms with van der Waals surface area (Å²) >= 11 is 0. The Labute approximate surface area is 113 Å². The van der Waals surface area contributed by atoms with E-state index in [1.807, 2.05) is 0 Å². The van der Waals surface area contributed by atoms with Crippen molar-refractivity contribution in [1.82, 2.24) is 19.7 Å². The third-order valence-corrected chi connectivity index (χ3v) is 2.31. The van der Waals surface area contributed by atoms with Crippen molar-refractivity contribution in [3.8, 4) is 0 Å². The van der Waals surface area contributed by atoms with Crippen LogP contribution in [0, 0.1) is 0 Å². The highest BCUT2D eigenvalue weighted by Crippen LogP contribution is 2.28. The van der Waals surface area contributed by atoms with E-state index in [1.165, 1.54) is 10.7 Å². The molecule has 0 saturated heterocycles. The molecular weight excluding hydrogens is 273 g/mol. The molecule has 0 spiro atoms. The van der Waals surface area contributed by atoms with Gasteiger partial charge in [0, 0.05) is 31.9 Å². The number of hydrogen-bond acceptors (Lipinski definition) is 5. The lowest BCUT2D eigenvalue weighted by atomic mass is 10.4. The molecule has 0 radical (unpaired) electrons. The van der Waals surface area contributed by atoms with E-state index in [1.54, 1.807) is 26.2 Å². The van der Waals surface area contributed by atoms with E-state index in [-0.39, 0.29) is 11.6 Å². The summed E-state index contributed by atoms with van der Waals surface area (Å²) in [5.41, 5.74) is 0. The van der Waals surface area contributed by atoms with Gasteiger partial charge in [0.2, 0.25) is 5.82 Å². The maximum Gasteiger partial charge on any atom is 0.451 e. The molecule has 2 aromatic heterocycles. The monoisotopic (exact) mass is 286 g/mol. The lowest BCUT2D eigenvalue weighted by Gasteiger charge is -2.11. The Hall–Kier alpha value is -2.32. The normalized spacial score (nSPS) is 11.4. The molecule has 2 N–H and O–H groups in total. The van der Waals surface area contributed by atoms with E-state index in [0.717, 1.165) is 0 Å². The molecule has 0 bridgehead atoms. The number of rotatable bonds is 4. The van der Waals surface area contributed by atoms with Gasteiger partial charge in [-0.1, -0.05) is 0 Å². The van der Waals surface area contributed by atoms with Crippen LogP contribution in [0.25, 0.3) is 0 Å². The predicted octanol–water partition coefficient (Wildman–Crippen LogP) is 2.40. The van der Waals surface area contributed by atoms with Crippen LogP contribution < -0.4 is 10.6 Å². The van der Waals surface area contributed by atoms with Crippen LogP contribution in [-0.2, 0) is 13.2 Å². The SMILES string of the molecule is CCNc1cc(Nc2ccn(C)n2)nc(C(F)(F)F)n1. The van der Waals surface area contributed by atoms with Gasteiger partial charge in [0.05, 0.1) is 0 Å². The van der Waals surface area contributed by atoms with Crippen LogP contribution in [0.3, 0.4) is 0 Å². The van der Waals surface area contributed by atoms with Gasteiger partial charge in [0.15, 0.2) is 5.82 Å². The number of nitrogens with one attached hydrogen (secondary N) is 2. The van der Waals surface area contributed by atoms with Crippen molar-refractivity contribution in [3.05, 3.63) is 24.2 Å². The van der Waals surface area contributed by atoms with Crippen LogP contribution >= 0.6 is 0 Å². The van der Waals surface area contributed by atoms with E-state index in [4.69, 9.17) is 0 Å². The van der Waals surface area contributed by atoms with Crippen molar-refractivity contribution >= 4 is 17.5 Å². The quantitative estimate of drug-likeness (QED) is 0.903. The number of aromatic nitrogens is 4. The fraction of sp³-hybridized carbons (Fsp3) is 0.364. The highest BCUT2D eigenvalue weighted by Gasteiger charge is 2.35. The summed E-state index contributed by atoms with van der Waals surface area (Å²) in [7, 11) is 1.70. The topological polar surface area (TPSA) is 67.7 Å². The molecule has 0 fully saturated rings. The molecule has 2 rings (SSSR count). The number of alkyl halides is 3. The average molecular weight is 286 g/mol. The Balaban J connectivity index is 2.33. The van der Waals surface area contributed by atoms with E-state index in [2.05, 4.69) is 25.7 Å². The summed E-state index contributed by atoms with van der Waals surface area (Å²) in [5.74, 6) is -0.661. The van der Waals surface area contributed by atoms with Crippen molar-refractivity contribution < 1.29 is 13.2 Å². The molecule has 20 heavy (non-hydrogen) atoms. The highest BCUT2D eigenvalue weighted by atomic mass is 19.4. The second kappa shape index (κ2) is 5.35. The molecule has 9 heteroatoms. The standard InChI is InChI=1S/C11H13F3N6/c1-3-15-8-6-9(16-7-4-5-20(2)19-7)18-10(17-8)11(12,13)14/h4-6H,3H2,1-2H3,(H2,15,16,17,18,19). The Morgan fingerprint density at radius 1 is 1.20 bits per heavy atom. The fourth-order valence-corrected chi connectivity index (χ4v) is 1.52. The molecule has 0 saturated carbocycles. The summed E-state index contributed by atoms with van der Waals surface area (Å²) in [4.78, 5) is 6.88. The van der Waals surface area contributed by atoms with Gasteiger partial charge in [-0.2, -0.15) is 18.3 Å². The van der Waals surface area contributed by atoms with Crippen molar-refractivity contribution in [2.75, 3.05) is 17.2 Å². The first-order valence-corrected chi connectivity index (χ1v) is 5.85. The lowest BCUT2D eigenvalue weighted by Crippen LogP contribution is -2.14. The Morgan fingerprint density at radius 3 is 2.45 bits per heavy atom. The van der Waals surface area contributed by atoms with Gasteiger partial charge in [0.25, 0.3) is 0 Å². The van der Waals surface area contributed by atoms with Crippen molar-refractivity contribution in [1.29, 1.82) is 0 Å². The van der Waals surface area contributed by atoms with Crippen LogP contribution in [0.1, 0.15) is 12.7 Å². The minimum absolute atomic E-state index is 0.0296. The van der Waals surface area contributed by atoms with Gasteiger partial charge in [-0.25, -0.2) is 9.97 Å². The summed E-state index contributed by atoms with van der Waals surface area (Å²) in [6.07, 6.45) is -2.94. The first kappa shape index (κ1) is 14.1. The Kier molecular flexibility index (Phi) is 3.77. The molecule has 0 aliphatic rings. The predicted molar refractivity (Wildman–Crippen MR) is 67.7 cm³/mol. The van der Waals surface area contributed by atoms with E-state index in [9.17, 15) is 13.2 Å². The van der Waals surface area contributed by atoms with Gasteiger partial charge in [0.1, 0.15) is 11.6 Å². The molecule has 0 atom stereocenters. The van der Waals surface area contributed by atoms with Crippen LogP contribution in [0.5, 0.6) is 0 Å². The molecule has 0 amide bonds. The van der Waals surface area contributed by atoms with Crippen LogP contribution in [0.4, 0.5) is 30.6 Å². The molecule has 0 aliphatic heterocycles. The highest BCUT2D eigenvalue weighted by molar-refractivity contribution is 5.55. The van der Waals surface area contributed by atoms with Gasteiger partial charge in [-0.3, -0.25) is 4.68 Å². The summed E-state index contributed by atoms with van der Waals surface area (Å²) < 4.78 is 39.7. The first-order valence-electron chi connectivity index (χ1n) is 5.85. The summed E-state index contributed by atoms with van der Waals surface area (Å²) in [5, 5.41) is 9.46. The number of hydrogen-bond donors (Lipinski definition) is 2. The molecular formula is C11H13F3N6. The van der Waals surface area contributed by atoms with Crippen molar-refractivity contribution in [2.24, 2.45) is 7.05 Å². The third kappa shape index (κ3) is 3.37. The fourth-order valence-electron chi connectivity index (χ4n) is 1.52. The Bertz CT molecular complexity index is 592. The second-order valence-electron chi connectivity index (χ2n) is 3.99. The van der Waals surface area contributed by atoms with Crippen LogP contribution in [0.15, 0.2) is 18.3 Å². The lowest BCUT2D eigenvalue weighted by molar-refractivity contribution is -0.144. The second-order valence-corrected chi connectivity index (χ2v) is 3.99. The zero-order chi connectivity index (χ0) is 14.8. The number of anilines is 3. The number of halogens is 3. The van der Waals surface area contributed by atoms with Gasteiger partial charge in [-0.05, 0) is 6.92 Å². The van der Waals surface area contributed by atoms with Gasteiger partial charge >= 0.3 is 6.18 Å². The average Bonchev–Trinajstić information content (AvgIpc) is 2.74. The van der Waals surface area contributed by atoms with Gasteiger partial charge < -0.3 is 10.6 Å².